The Morgan fingerprint density at radius 3 is 2.77 bits per heavy atom. The van der Waals surface area contributed by atoms with Gasteiger partial charge in [-0.2, -0.15) is 5.26 Å². The Labute approximate surface area is 77.5 Å². The summed E-state index contributed by atoms with van der Waals surface area (Å²) in [4.78, 5) is 4.31. The minimum atomic E-state index is 0.167. The van der Waals surface area contributed by atoms with Gasteiger partial charge < -0.3 is 0 Å². The molecule has 1 aliphatic rings. The summed E-state index contributed by atoms with van der Waals surface area (Å²) in [6.45, 7) is 0. The highest BCUT2D eigenvalue weighted by Crippen LogP contribution is 2.32. The van der Waals surface area contributed by atoms with Crippen molar-refractivity contribution in [2.24, 2.45) is 10.9 Å². The average Bonchev–Trinajstić information content (AvgIpc) is 2.95. The van der Waals surface area contributed by atoms with E-state index in [1.165, 1.54) is 0 Å². The van der Waals surface area contributed by atoms with Crippen LogP contribution in [-0.4, -0.2) is 12.3 Å². The monoisotopic (exact) mass is 170 g/mol. The van der Waals surface area contributed by atoms with Gasteiger partial charge in [0.2, 0.25) is 0 Å². The molecular weight excluding hydrogens is 160 g/mol. The van der Waals surface area contributed by atoms with E-state index < -0.39 is 0 Å². The Morgan fingerprint density at radius 2 is 2.15 bits per heavy atom. The number of hydrogen-bond acceptors (Lipinski definition) is 2. The van der Waals surface area contributed by atoms with Gasteiger partial charge in [0.15, 0.2) is 0 Å². The molecule has 1 aliphatic carbocycles. The summed E-state index contributed by atoms with van der Waals surface area (Å²) >= 11 is 0. The highest BCUT2D eigenvalue weighted by Gasteiger charge is 2.36. The molecule has 0 heterocycles. The van der Waals surface area contributed by atoms with Crippen LogP contribution in [0.25, 0.3) is 0 Å². The van der Waals surface area contributed by atoms with Gasteiger partial charge in [0.25, 0.3) is 0 Å². The van der Waals surface area contributed by atoms with Crippen LogP contribution in [0.1, 0.15) is 12.0 Å². The Bertz CT molecular complexity index is 348. The van der Waals surface area contributed by atoms with Crippen LogP contribution in [0.3, 0.4) is 0 Å². The molecule has 0 aliphatic heterocycles. The van der Waals surface area contributed by atoms with Crippen LogP contribution < -0.4 is 0 Å². The van der Waals surface area contributed by atoms with Crippen molar-refractivity contribution < 1.29 is 0 Å². The summed E-state index contributed by atoms with van der Waals surface area (Å²) in [6.07, 6.45) is 2.78. The molecule has 2 rings (SSSR count). The first-order valence-electron chi connectivity index (χ1n) is 4.38. The molecule has 2 heteroatoms. The minimum Gasteiger partial charge on any atom is -0.288 e. The van der Waals surface area contributed by atoms with Crippen molar-refractivity contribution >= 4 is 6.21 Å². The number of aliphatic imine (C=N–C) groups is 1. The van der Waals surface area contributed by atoms with Gasteiger partial charge in [0, 0.05) is 6.21 Å². The van der Waals surface area contributed by atoms with Crippen molar-refractivity contribution in [1.82, 2.24) is 0 Å². The summed E-state index contributed by atoms with van der Waals surface area (Å²) in [5, 5.41) is 8.55. The van der Waals surface area contributed by atoms with E-state index in [4.69, 9.17) is 5.26 Å². The van der Waals surface area contributed by atoms with Gasteiger partial charge in [0.1, 0.15) is 0 Å². The second-order valence-corrected chi connectivity index (χ2v) is 3.23. The number of nitriles is 1. The van der Waals surface area contributed by atoms with Gasteiger partial charge in [-0.1, -0.05) is 30.3 Å². The lowest BCUT2D eigenvalue weighted by Crippen LogP contribution is -1.84. The fourth-order valence-corrected chi connectivity index (χ4v) is 1.21. The number of rotatable bonds is 2. The normalized spacial score (nSPS) is 25.8. The van der Waals surface area contributed by atoms with E-state index in [1.807, 2.05) is 36.5 Å². The molecule has 0 amide bonds. The third kappa shape index (κ3) is 1.94. The molecule has 2 nitrogen and oxygen atoms in total. The number of nitrogens with zero attached hydrogens (tertiary/aromatic N) is 2. The van der Waals surface area contributed by atoms with E-state index in [-0.39, 0.29) is 12.0 Å². The summed E-state index contributed by atoms with van der Waals surface area (Å²) in [5.74, 6) is 0.167. The molecule has 1 aromatic carbocycles. The van der Waals surface area contributed by atoms with Crippen molar-refractivity contribution in [2.75, 3.05) is 0 Å². The van der Waals surface area contributed by atoms with Crippen molar-refractivity contribution in [3.05, 3.63) is 35.9 Å². The topological polar surface area (TPSA) is 36.1 Å². The predicted molar refractivity (Wildman–Crippen MR) is 51.5 cm³/mol. The molecule has 2 atom stereocenters. The highest BCUT2D eigenvalue weighted by molar-refractivity contribution is 5.79. The zero-order valence-electron chi connectivity index (χ0n) is 7.22. The summed E-state index contributed by atoms with van der Waals surface area (Å²) in [7, 11) is 0. The van der Waals surface area contributed by atoms with Crippen LogP contribution in [0.2, 0.25) is 0 Å². The molecule has 0 bridgehead atoms. The van der Waals surface area contributed by atoms with Gasteiger partial charge >= 0.3 is 0 Å². The van der Waals surface area contributed by atoms with Gasteiger partial charge in [-0.15, -0.1) is 0 Å². The third-order valence-corrected chi connectivity index (χ3v) is 2.14. The average molecular weight is 170 g/mol. The Balaban J connectivity index is 1.97. The third-order valence-electron chi connectivity index (χ3n) is 2.14. The summed E-state index contributed by atoms with van der Waals surface area (Å²) in [5.41, 5.74) is 1.10. The molecule has 0 N–H and O–H groups in total. The van der Waals surface area contributed by atoms with Crippen molar-refractivity contribution in [3.63, 3.8) is 0 Å². The van der Waals surface area contributed by atoms with Gasteiger partial charge in [-0.3, -0.25) is 4.99 Å². The minimum absolute atomic E-state index is 0.167. The lowest BCUT2D eigenvalue weighted by Gasteiger charge is -1.89. The first kappa shape index (κ1) is 8.00. The fraction of sp³-hybridized carbons (Fsp3) is 0.273. The first-order valence-corrected chi connectivity index (χ1v) is 4.38. The molecule has 13 heavy (non-hydrogen) atoms. The number of hydrogen-bond donors (Lipinski definition) is 0. The largest absolute Gasteiger partial charge is 0.288 e. The van der Waals surface area contributed by atoms with Crippen molar-refractivity contribution in [3.8, 4) is 6.07 Å². The maximum absolute atomic E-state index is 8.55. The van der Waals surface area contributed by atoms with Crippen LogP contribution in [0, 0.1) is 17.2 Å². The van der Waals surface area contributed by atoms with E-state index in [9.17, 15) is 0 Å². The maximum Gasteiger partial charge on any atom is 0.0708 e. The molecular formula is C11H10N2. The molecule has 0 aromatic heterocycles. The lowest BCUT2D eigenvalue weighted by atomic mass is 10.2. The second-order valence-electron chi connectivity index (χ2n) is 3.23. The van der Waals surface area contributed by atoms with E-state index in [2.05, 4.69) is 11.1 Å². The lowest BCUT2D eigenvalue weighted by molar-refractivity contribution is 0.990. The van der Waals surface area contributed by atoms with E-state index in [0.717, 1.165) is 12.0 Å². The molecule has 64 valence electrons. The first-order chi connectivity index (χ1) is 6.40. The van der Waals surface area contributed by atoms with Crippen LogP contribution in [-0.2, 0) is 0 Å². The molecule has 0 saturated heterocycles. The van der Waals surface area contributed by atoms with Crippen LogP contribution in [0.4, 0.5) is 0 Å². The molecule has 1 fully saturated rings. The Morgan fingerprint density at radius 1 is 1.38 bits per heavy atom. The molecule has 0 spiro atoms. The van der Waals surface area contributed by atoms with Crippen molar-refractivity contribution in [2.45, 2.75) is 12.5 Å². The quantitative estimate of drug-likeness (QED) is 0.625. The molecule has 2 unspecified atom stereocenters. The molecule has 0 radical (unpaired) electrons. The van der Waals surface area contributed by atoms with Gasteiger partial charge in [0.05, 0.1) is 18.0 Å². The molecule has 1 aromatic rings. The zero-order valence-corrected chi connectivity index (χ0v) is 7.22. The SMILES string of the molecule is N#CC1CC1N=Cc1ccccc1. The van der Waals surface area contributed by atoms with Crippen LogP contribution >= 0.6 is 0 Å². The molecule has 1 saturated carbocycles. The summed E-state index contributed by atoms with van der Waals surface area (Å²) < 4.78 is 0. The predicted octanol–water partition coefficient (Wildman–Crippen LogP) is 2.02. The van der Waals surface area contributed by atoms with Gasteiger partial charge in [-0.05, 0) is 12.0 Å². The van der Waals surface area contributed by atoms with Gasteiger partial charge in [-0.25, -0.2) is 0 Å². The van der Waals surface area contributed by atoms with E-state index in [0.29, 0.717) is 0 Å². The Kier molecular flexibility index (Phi) is 2.09. The highest BCUT2D eigenvalue weighted by atomic mass is 14.8. The summed E-state index contributed by atoms with van der Waals surface area (Å²) in [6, 6.07) is 12.4. The standard InChI is InChI=1S/C11H10N2/c12-7-10-6-11(10)13-8-9-4-2-1-3-5-9/h1-5,8,10-11H,6H2. The fourth-order valence-electron chi connectivity index (χ4n) is 1.21. The van der Waals surface area contributed by atoms with Crippen molar-refractivity contribution in [1.29, 1.82) is 5.26 Å². The Hall–Kier alpha value is -1.62. The van der Waals surface area contributed by atoms with E-state index >= 15 is 0 Å². The van der Waals surface area contributed by atoms with Crippen LogP contribution in [0.5, 0.6) is 0 Å². The smallest absolute Gasteiger partial charge is 0.0708 e. The van der Waals surface area contributed by atoms with E-state index in [1.54, 1.807) is 0 Å². The second kappa shape index (κ2) is 3.40. The zero-order chi connectivity index (χ0) is 9.10. The maximum atomic E-state index is 8.55. The van der Waals surface area contributed by atoms with Crippen LogP contribution in [0.15, 0.2) is 35.3 Å². The number of benzene rings is 1.